The Morgan fingerprint density at radius 2 is 2.10 bits per heavy atom. The Bertz CT molecular complexity index is 626. The van der Waals surface area contributed by atoms with E-state index in [0.717, 1.165) is 18.5 Å². The third kappa shape index (κ3) is 2.34. The second-order valence-electron chi connectivity index (χ2n) is 5.21. The highest BCUT2D eigenvalue weighted by molar-refractivity contribution is 6.31. The van der Waals surface area contributed by atoms with E-state index in [-0.39, 0.29) is 11.9 Å². The maximum atomic E-state index is 13.5. The van der Waals surface area contributed by atoms with Gasteiger partial charge in [0.25, 0.3) is 0 Å². The van der Waals surface area contributed by atoms with Gasteiger partial charge in [-0.25, -0.2) is 4.39 Å². The summed E-state index contributed by atoms with van der Waals surface area (Å²) in [7, 11) is 0. The smallest absolute Gasteiger partial charge is 0.123 e. The van der Waals surface area contributed by atoms with E-state index in [4.69, 9.17) is 11.6 Å². The van der Waals surface area contributed by atoms with Gasteiger partial charge in [0.2, 0.25) is 0 Å². The summed E-state index contributed by atoms with van der Waals surface area (Å²) in [6.07, 6.45) is 1.01. The van der Waals surface area contributed by atoms with Crippen LogP contribution < -0.4 is 5.32 Å². The maximum Gasteiger partial charge on any atom is 0.123 e. The Kier molecular flexibility index (Phi) is 3.77. The predicted octanol–water partition coefficient (Wildman–Crippen LogP) is 4.47. The Morgan fingerprint density at radius 1 is 1.30 bits per heavy atom. The van der Waals surface area contributed by atoms with Crippen LogP contribution in [0, 0.1) is 5.82 Å². The Morgan fingerprint density at radius 3 is 2.85 bits per heavy atom. The van der Waals surface area contributed by atoms with Gasteiger partial charge in [-0.3, -0.25) is 0 Å². The van der Waals surface area contributed by atoms with Gasteiger partial charge in [-0.1, -0.05) is 42.8 Å². The molecule has 2 aromatic rings. The van der Waals surface area contributed by atoms with Gasteiger partial charge in [0.15, 0.2) is 0 Å². The highest BCUT2D eigenvalue weighted by atomic mass is 35.5. The molecule has 104 valence electrons. The highest BCUT2D eigenvalue weighted by Crippen LogP contribution is 2.44. The molecule has 0 aromatic heterocycles. The van der Waals surface area contributed by atoms with Gasteiger partial charge in [-0.2, -0.15) is 0 Å². The van der Waals surface area contributed by atoms with Crippen LogP contribution in [0.25, 0.3) is 0 Å². The first kappa shape index (κ1) is 13.6. The van der Waals surface area contributed by atoms with E-state index in [1.165, 1.54) is 17.2 Å². The molecule has 3 rings (SSSR count). The molecule has 20 heavy (non-hydrogen) atoms. The second-order valence-corrected chi connectivity index (χ2v) is 5.62. The van der Waals surface area contributed by atoms with Gasteiger partial charge in [0, 0.05) is 17.0 Å². The summed E-state index contributed by atoms with van der Waals surface area (Å²) in [4.78, 5) is 0. The van der Waals surface area contributed by atoms with Crippen molar-refractivity contribution < 1.29 is 4.39 Å². The van der Waals surface area contributed by atoms with Gasteiger partial charge in [-0.05, 0) is 47.9 Å². The summed E-state index contributed by atoms with van der Waals surface area (Å²) in [5.74, 6) is 0.130. The molecule has 0 radical (unpaired) electrons. The topological polar surface area (TPSA) is 12.0 Å². The number of halogens is 2. The molecule has 1 aliphatic carbocycles. The molecule has 0 spiro atoms. The molecule has 0 bridgehead atoms. The number of benzene rings is 2. The summed E-state index contributed by atoms with van der Waals surface area (Å²) in [6.45, 7) is 2.89. The summed E-state index contributed by atoms with van der Waals surface area (Å²) in [5.41, 5.74) is 3.58. The minimum absolute atomic E-state index is 0.0677. The number of nitrogens with one attached hydrogen (secondary N) is 1. The molecule has 3 heteroatoms. The zero-order valence-electron chi connectivity index (χ0n) is 11.4. The van der Waals surface area contributed by atoms with Crippen molar-refractivity contribution in [3.63, 3.8) is 0 Å². The SMILES string of the molecule is CCNC(c1cc(F)ccc1Cl)C1Cc2ccccc21. The van der Waals surface area contributed by atoms with Crippen LogP contribution >= 0.6 is 11.6 Å². The third-order valence-corrected chi connectivity index (χ3v) is 4.36. The first-order chi connectivity index (χ1) is 9.70. The quantitative estimate of drug-likeness (QED) is 0.876. The molecule has 0 amide bonds. The summed E-state index contributed by atoms with van der Waals surface area (Å²) >= 11 is 6.27. The predicted molar refractivity (Wildman–Crippen MR) is 80.7 cm³/mol. The molecule has 1 aliphatic rings. The molecule has 0 saturated heterocycles. The van der Waals surface area contributed by atoms with Gasteiger partial charge in [0.05, 0.1) is 0 Å². The van der Waals surface area contributed by atoms with E-state index >= 15 is 0 Å². The largest absolute Gasteiger partial charge is 0.310 e. The Labute approximate surface area is 123 Å². The van der Waals surface area contributed by atoms with E-state index in [0.29, 0.717) is 10.9 Å². The minimum atomic E-state index is -0.236. The molecule has 0 fully saturated rings. The minimum Gasteiger partial charge on any atom is -0.310 e. The van der Waals surface area contributed by atoms with Crippen molar-refractivity contribution in [1.82, 2.24) is 5.32 Å². The van der Waals surface area contributed by atoms with E-state index in [1.807, 2.05) is 0 Å². The van der Waals surface area contributed by atoms with E-state index < -0.39 is 0 Å². The Hall–Kier alpha value is -1.38. The van der Waals surface area contributed by atoms with Crippen LogP contribution in [0.1, 0.15) is 35.6 Å². The van der Waals surface area contributed by atoms with E-state index in [2.05, 4.69) is 36.5 Å². The van der Waals surface area contributed by atoms with Gasteiger partial charge in [-0.15, -0.1) is 0 Å². The van der Waals surface area contributed by atoms with Crippen molar-refractivity contribution in [3.8, 4) is 0 Å². The fourth-order valence-corrected chi connectivity index (χ4v) is 3.27. The number of fused-ring (bicyclic) bond motifs is 1. The second kappa shape index (κ2) is 5.55. The van der Waals surface area contributed by atoms with Gasteiger partial charge < -0.3 is 5.32 Å². The van der Waals surface area contributed by atoms with Crippen LogP contribution in [0.5, 0.6) is 0 Å². The van der Waals surface area contributed by atoms with Crippen molar-refractivity contribution in [2.75, 3.05) is 6.54 Å². The van der Waals surface area contributed by atoms with Crippen LogP contribution in [0.4, 0.5) is 4.39 Å². The lowest BCUT2D eigenvalue weighted by molar-refractivity contribution is 0.418. The summed E-state index contributed by atoms with van der Waals surface area (Å²) < 4.78 is 13.5. The lowest BCUT2D eigenvalue weighted by Gasteiger charge is -2.37. The van der Waals surface area contributed by atoms with Crippen LogP contribution in [0.3, 0.4) is 0 Å². The van der Waals surface area contributed by atoms with Gasteiger partial charge in [0.1, 0.15) is 5.82 Å². The normalized spacial score (nSPS) is 18.2. The van der Waals surface area contributed by atoms with Crippen molar-refractivity contribution in [3.05, 3.63) is 70.0 Å². The fraction of sp³-hybridized carbons (Fsp3) is 0.294. The summed E-state index contributed by atoms with van der Waals surface area (Å²) in [5, 5.41) is 4.09. The molecule has 2 atom stereocenters. The molecular weight excluding hydrogens is 273 g/mol. The molecule has 1 nitrogen and oxygen atoms in total. The lowest BCUT2D eigenvalue weighted by Crippen LogP contribution is -2.33. The van der Waals surface area contributed by atoms with Crippen LogP contribution in [-0.2, 0) is 6.42 Å². The number of hydrogen-bond acceptors (Lipinski definition) is 1. The van der Waals surface area contributed by atoms with Crippen molar-refractivity contribution in [1.29, 1.82) is 0 Å². The van der Waals surface area contributed by atoms with Crippen molar-refractivity contribution in [2.45, 2.75) is 25.3 Å². The van der Waals surface area contributed by atoms with E-state index in [1.54, 1.807) is 12.1 Å². The molecular formula is C17H17ClFN. The fourth-order valence-electron chi connectivity index (χ4n) is 3.04. The third-order valence-electron chi connectivity index (χ3n) is 4.01. The number of likely N-dealkylation sites (N-methyl/N-ethyl adjacent to an activating group) is 1. The number of hydrogen-bond donors (Lipinski definition) is 1. The monoisotopic (exact) mass is 289 g/mol. The first-order valence-electron chi connectivity index (χ1n) is 6.97. The lowest BCUT2D eigenvalue weighted by atomic mass is 9.71. The zero-order chi connectivity index (χ0) is 14.1. The van der Waals surface area contributed by atoms with Crippen LogP contribution in [0.2, 0.25) is 5.02 Å². The Balaban J connectivity index is 1.97. The van der Waals surface area contributed by atoms with Crippen LogP contribution in [0.15, 0.2) is 42.5 Å². The maximum absolute atomic E-state index is 13.5. The standard InChI is InChI=1S/C17H17ClFN/c1-2-20-17(15-10-12(19)7-8-16(15)18)14-9-11-5-3-4-6-13(11)14/h3-8,10,14,17,20H,2,9H2,1H3. The van der Waals surface area contributed by atoms with E-state index in [9.17, 15) is 4.39 Å². The van der Waals surface area contributed by atoms with Crippen molar-refractivity contribution in [2.24, 2.45) is 0 Å². The zero-order valence-corrected chi connectivity index (χ0v) is 12.1. The molecule has 1 N–H and O–H groups in total. The first-order valence-corrected chi connectivity index (χ1v) is 7.34. The van der Waals surface area contributed by atoms with Gasteiger partial charge >= 0.3 is 0 Å². The average molecular weight is 290 g/mol. The molecule has 0 saturated carbocycles. The number of rotatable bonds is 4. The molecule has 0 aliphatic heterocycles. The summed E-state index contributed by atoms with van der Waals surface area (Å²) in [6, 6.07) is 13.1. The van der Waals surface area contributed by atoms with Crippen LogP contribution in [-0.4, -0.2) is 6.54 Å². The highest BCUT2D eigenvalue weighted by Gasteiger charge is 2.34. The molecule has 2 unspecified atom stereocenters. The average Bonchev–Trinajstić information content (AvgIpc) is 2.42. The van der Waals surface area contributed by atoms with Crippen molar-refractivity contribution >= 4 is 11.6 Å². The molecule has 0 heterocycles. The molecule has 2 aromatic carbocycles.